The predicted molar refractivity (Wildman–Crippen MR) is 66.7 cm³/mol. The average molecular weight is 217 g/mol. The number of hydrogen-bond donors (Lipinski definition) is 0. The lowest BCUT2D eigenvalue weighted by atomic mass is 9.98. The van der Waals surface area contributed by atoms with Gasteiger partial charge < -0.3 is 4.90 Å². The Labute approximate surface area is 94.3 Å². The summed E-state index contributed by atoms with van der Waals surface area (Å²) < 4.78 is 1.43. The second-order valence-electron chi connectivity index (χ2n) is 4.44. The van der Waals surface area contributed by atoms with E-state index in [1.165, 1.54) is 29.6 Å². The maximum atomic E-state index is 2.43. The highest BCUT2D eigenvalue weighted by Gasteiger charge is 2.23. The van der Waals surface area contributed by atoms with Gasteiger partial charge in [-0.15, -0.1) is 11.3 Å². The molecule has 2 aromatic rings. The molecular weight excluding hydrogens is 202 g/mol. The summed E-state index contributed by atoms with van der Waals surface area (Å²) >= 11 is 1.88. The summed E-state index contributed by atoms with van der Waals surface area (Å²) in [7, 11) is 2.22. The lowest BCUT2D eigenvalue weighted by molar-refractivity contribution is 0.412. The highest BCUT2D eigenvalue weighted by molar-refractivity contribution is 7.17. The fourth-order valence-corrected chi connectivity index (χ4v) is 3.55. The summed E-state index contributed by atoms with van der Waals surface area (Å²) in [6.45, 7) is 2.47. The Morgan fingerprint density at radius 2 is 2.20 bits per heavy atom. The van der Waals surface area contributed by atoms with E-state index in [0.29, 0.717) is 0 Å². The second kappa shape index (κ2) is 3.62. The van der Waals surface area contributed by atoms with Crippen molar-refractivity contribution in [3.8, 4) is 0 Å². The van der Waals surface area contributed by atoms with E-state index in [-0.39, 0.29) is 0 Å². The molecule has 1 fully saturated rings. The van der Waals surface area contributed by atoms with Gasteiger partial charge in [-0.3, -0.25) is 0 Å². The van der Waals surface area contributed by atoms with Crippen molar-refractivity contribution in [2.75, 3.05) is 20.1 Å². The molecule has 1 aromatic heterocycles. The summed E-state index contributed by atoms with van der Waals surface area (Å²) in [5, 5.41) is 3.83. The molecule has 2 heterocycles. The second-order valence-corrected chi connectivity index (χ2v) is 5.35. The molecule has 0 amide bonds. The lowest BCUT2D eigenvalue weighted by Gasteiger charge is -2.09. The van der Waals surface area contributed by atoms with Crippen molar-refractivity contribution in [1.82, 2.24) is 4.90 Å². The van der Waals surface area contributed by atoms with E-state index in [9.17, 15) is 0 Å². The van der Waals surface area contributed by atoms with Gasteiger partial charge in [-0.25, -0.2) is 0 Å². The van der Waals surface area contributed by atoms with Crippen LogP contribution >= 0.6 is 11.3 Å². The SMILES string of the molecule is CN1CC[C@H](c2csc3ccccc23)C1. The molecule has 2 heteroatoms. The molecule has 0 aliphatic carbocycles. The fraction of sp³-hybridized carbons (Fsp3) is 0.385. The number of likely N-dealkylation sites (N-methyl/N-ethyl adjacent to an activating group) is 1. The topological polar surface area (TPSA) is 3.24 Å². The minimum absolute atomic E-state index is 0.756. The first-order valence-electron chi connectivity index (χ1n) is 5.49. The Bertz CT molecular complexity index is 474. The van der Waals surface area contributed by atoms with Crippen LogP contribution in [-0.4, -0.2) is 25.0 Å². The first-order chi connectivity index (χ1) is 7.34. The van der Waals surface area contributed by atoms with Crippen molar-refractivity contribution < 1.29 is 0 Å². The van der Waals surface area contributed by atoms with Gasteiger partial charge in [0.05, 0.1) is 0 Å². The van der Waals surface area contributed by atoms with Crippen molar-refractivity contribution in [3.05, 3.63) is 35.2 Å². The maximum Gasteiger partial charge on any atom is 0.0345 e. The highest BCUT2D eigenvalue weighted by Crippen LogP contribution is 2.35. The van der Waals surface area contributed by atoms with Crippen molar-refractivity contribution >= 4 is 21.4 Å². The minimum Gasteiger partial charge on any atom is -0.306 e. The zero-order valence-electron chi connectivity index (χ0n) is 8.94. The van der Waals surface area contributed by atoms with Gasteiger partial charge in [0.2, 0.25) is 0 Å². The molecule has 1 nitrogen and oxygen atoms in total. The van der Waals surface area contributed by atoms with E-state index in [2.05, 4.69) is 41.6 Å². The molecule has 0 N–H and O–H groups in total. The Morgan fingerprint density at radius 1 is 1.33 bits per heavy atom. The number of likely N-dealkylation sites (tertiary alicyclic amines) is 1. The first-order valence-corrected chi connectivity index (χ1v) is 6.37. The van der Waals surface area contributed by atoms with Crippen molar-refractivity contribution in [1.29, 1.82) is 0 Å². The van der Waals surface area contributed by atoms with Crippen LogP contribution in [-0.2, 0) is 0 Å². The number of rotatable bonds is 1. The van der Waals surface area contributed by atoms with E-state index in [4.69, 9.17) is 0 Å². The molecule has 3 rings (SSSR count). The molecular formula is C13H15NS. The van der Waals surface area contributed by atoms with Gasteiger partial charge in [0.15, 0.2) is 0 Å². The summed E-state index contributed by atoms with van der Waals surface area (Å²) in [6, 6.07) is 8.77. The van der Waals surface area contributed by atoms with E-state index in [1.807, 2.05) is 11.3 Å². The van der Waals surface area contributed by atoms with E-state index in [1.54, 1.807) is 5.56 Å². The molecule has 0 saturated carbocycles. The molecule has 0 radical (unpaired) electrons. The van der Waals surface area contributed by atoms with Gasteiger partial charge in [-0.05, 0) is 48.3 Å². The Hall–Kier alpha value is -0.860. The molecule has 0 unspecified atom stereocenters. The molecule has 1 aromatic carbocycles. The lowest BCUT2D eigenvalue weighted by Crippen LogP contribution is -2.13. The van der Waals surface area contributed by atoms with Crippen LogP contribution in [0.1, 0.15) is 17.9 Å². The zero-order valence-corrected chi connectivity index (χ0v) is 9.76. The van der Waals surface area contributed by atoms with Crippen LogP contribution in [0.15, 0.2) is 29.6 Å². The van der Waals surface area contributed by atoms with E-state index < -0.39 is 0 Å². The zero-order chi connectivity index (χ0) is 10.3. The van der Waals surface area contributed by atoms with Gasteiger partial charge in [0, 0.05) is 11.2 Å². The molecule has 1 aliphatic heterocycles. The number of fused-ring (bicyclic) bond motifs is 1. The standard InChI is InChI=1S/C13H15NS/c1-14-7-6-10(8-14)12-9-15-13-5-3-2-4-11(12)13/h2-5,9-10H,6-8H2,1H3/t10-/m0/s1. The molecule has 78 valence electrons. The van der Waals surface area contributed by atoms with Crippen molar-refractivity contribution in [3.63, 3.8) is 0 Å². The molecule has 0 spiro atoms. The number of hydrogen-bond acceptors (Lipinski definition) is 2. The Balaban J connectivity index is 2.04. The highest BCUT2D eigenvalue weighted by atomic mass is 32.1. The van der Waals surface area contributed by atoms with Crippen LogP contribution in [0.3, 0.4) is 0 Å². The van der Waals surface area contributed by atoms with Gasteiger partial charge in [-0.2, -0.15) is 0 Å². The van der Waals surface area contributed by atoms with Gasteiger partial charge in [-0.1, -0.05) is 18.2 Å². The fourth-order valence-electron chi connectivity index (χ4n) is 2.50. The van der Waals surface area contributed by atoms with Crippen LogP contribution in [0.4, 0.5) is 0 Å². The van der Waals surface area contributed by atoms with Crippen molar-refractivity contribution in [2.45, 2.75) is 12.3 Å². The van der Waals surface area contributed by atoms with Crippen LogP contribution in [0, 0.1) is 0 Å². The van der Waals surface area contributed by atoms with E-state index in [0.717, 1.165) is 5.92 Å². The number of thiophene rings is 1. The normalized spacial score (nSPS) is 22.6. The van der Waals surface area contributed by atoms with Crippen LogP contribution in [0.2, 0.25) is 0 Å². The Kier molecular flexibility index (Phi) is 2.26. The minimum atomic E-state index is 0.756. The van der Waals surface area contributed by atoms with Crippen LogP contribution in [0.5, 0.6) is 0 Å². The quantitative estimate of drug-likeness (QED) is 0.708. The summed E-state index contributed by atoms with van der Waals surface area (Å²) in [5.41, 5.74) is 1.57. The van der Waals surface area contributed by atoms with E-state index >= 15 is 0 Å². The summed E-state index contributed by atoms with van der Waals surface area (Å²) in [4.78, 5) is 2.43. The predicted octanol–water partition coefficient (Wildman–Crippen LogP) is 3.32. The molecule has 1 atom stereocenters. The number of nitrogens with zero attached hydrogens (tertiary/aromatic N) is 1. The van der Waals surface area contributed by atoms with Gasteiger partial charge in [0.1, 0.15) is 0 Å². The van der Waals surface area contributed by atoms with Gasteiger partial charge >= 0.3 is 0 Å². The summed E-state index contributed by atoms with van der Waals surface area (Å²) in [5.74, 6) is 0.756. The van der Waals surface area contributed by atoms with Gasteiger partial charge in [0.25, 0.3) is 0 Å². The average Bonchev–Trinajstić information content (AvgIpc) is 2.83. The molecule has 15 heavy (non-hydrogen) atoms. The molecule has 1 saturated heterocycles. The number of benzene rings is 1. The van der Waals surface area contributed by atoms with Crippen LogP contribution < -0.4 is 0 Å². The third kappa shape index (κ3) is 1.58. The molecule has 0 bridgehead atoms. The monoisotopic (exact) mass is 217 g/mol. The maximum absolute atomic E-state index is 2.43. The van der Waals surface area contributed by atoms with Crippen molar-refractivity contribution in [2.24, 2.45) is 0 Å². The van der Waals surface area contributed by atoms with Crippen LogP contribution in [0.25, 0.3) is 10.1 Å². The third-order valence-electron chi connectivity index (χ3n) is 3.34. The Morgan fingerprint density at radius 3 is 3.00 bits per heavy atom. The largest absolute Gasteiger partial charge is 0.306 e. The first kappa shape index (κ1) is 9.37. The summed E-state index contributed by atoms with van der Waals surface area (Å²) in [6.07, 6.45) is 1.32. The smallest absolute Gasteiger partial charge is 0.0345 e. The molecule has 1 aliphatic rings. The third-order valence-corrected chi connectivity index (χ3v) is 4.32.